The van der Waals surface area contributed by atoms with Crippen LogP contribution in [-0.4, -0.2) is 30.2 Å². The first-order chi connectivity index (χ1) is 14.1. The van der Waals surface area contributed by atoms with E-state index in [1.54, 1.807) is 61.7 Å². The fourth-order valence-corrected chi connectivity index (χ4v) is 2.71. The van der Waals surface area contributed by atoms with E-state index in [9.17, 15) is 9.59 Å². The number of esters is 1. The van der Waals surface area contributed by atoms with Crippen LogP contribution in [0.5, 0.6) is 11.5 Å². The molecular weight excluding hydrogens is 438 g/mol. The number of halogens is 1. The van der Waals surface area contributed by atoms with Crippen LogP contribution in [0.1, 0.15) is 26.3 Å². The molecule has 2 aromatic carbocycles. The summed E-state index contributed by atoms with van der Waals surface area (Å²) in [5.74, 6) is 0.0414. The van der Waals surface area contributed by atoms with Gasteiger partial charge in [-0.1, -0.05) is 15.9 Å². The molecule has 1 aromatic heterocycles. The zero-order chi connectivity index (χ0) is 20.6. The van der Waals surface area contributed by atoms with Gasteiger partial charge >= 0.3 is 5.97 Å². The van der Waals surface area contributed by atoms with Gasteiger partial charge in [-0.25, -0.2) is 10.2 Å². The number of hydrogen-bond acceptors (Lipinski definition) is 6. The Labute approximate surface area is 175 Å². The fourth-order valence-electron chi connectivity index (χ4n) is 2.33. The fraction of sp³-hybridized carbons (Fsp3) is 0.0476. The van der Waals surface area contributed by atoms with Gasteiger partial charge in [-0.15, -0.1) is 0 Å². The number of hydrazone groups is 1. The Morgan fingerprint density at radius 3 is 2.45 bits per heavy atom. The molecule has 0 aliphatic carbocycles. The summed E-state index contributed by atoms with van der Waals surface area (Å²) in [4.78, 5) is 28.3. The highest BCUT2D eigenvalue weighted by Gasteiger charge is 2.12. The van der Waals surface area contributed by atoms with E-state index >= 15 is 0 Å². The Morgan fingerprint density at radius 1 is 1.03 bits per heavy atom. The number of carbonyl (C=O) groups excluding carboxylic acids is 2. The Morgan fingerprint density at radius 2 is 1.76 bits per heavy atom. The van der Waals surface area contributed by atoms with Crippen LogP contribution >= 0.6 is 15.9 Å². The van der Waals surface area contributed by atoms with E-state index in [4.69, 9.17) is 9.47 Å². The largest absolute Gasteiger partial charge is 0.497 e. The molecule has 29 heavy (non-hydrogen) atoms. The number of nitrogens with zero attached hydrogens (tertiary/aromatic N) is 2. The van der Waals surface area contributed by atoms with Gasteiger partial charge in [0.25, 0.3) is 5.91 Å². The molecule has 0 bridgehead atoms. The second kappa shape index (κ2) is 9.61. The SMILES string of the molecule is COc1ccc(C(=O)Oc2ccc(Br)cc2C=NNC(=O)c2ccncc2)cc1. The molecule has 0 atom stereocenters. The summed E-state index contributed by atoms with van der Waals surface area (Å²) in [6.07, 6.45) is 4.44. The lowest BCUT2D eigenvalue weighted by molar-refractivity contribution is 0.0734. The van der Waals surface area contributed by atoms with Crippen LogP contribution in [-0.2, 0) is 0 Å². The zero-order valence-electron chi connectivity index (χ0n) is 15.3. The standard InChI is InChI=1S/C21H16BrN3O4/c1-28-18-5-2-15(3-6-18)21(27)29-19-7-4-17(22)12-16(19)13-24-25-20(26)14-8-10-23-11-9-14/h2-13H,1H3,(H,25,26). The quantitative estimate of drug-likeness (QED) is 0.265. The van der Waals surface area contributed by atoms with Crippen LogP contribution in [0.2, 0.25) is 0 Å². The number of ether oxygens (including phenoxy) is 2. The highest BCUT2D eigenvalue weighted by molar-refractivity contribution is 9.10. The van der Waals surface area contributed by atoms with Crippen molar-refractivity contribution in [2.75, 3.05) is 7.11 Å². The minimum atomic E-state index is -0.523. The number of benzene rings is 2. The van der Waals surface area contributed by atoms with Gasteiger partial charge in [0.1, 0.15) is 11.5 Å². The molecule has 0 radical (unpaired) electrons. The predicted molar refractivity (Wildman–Crippen MR) is 111 cm³/mol. The summed E-state index contributed by atoms with van der Waals surface area (Å²) >= 11 is 3.37. The molecule has 0 fully saturated rings. The molecule has 1 N–H and O–H groups in total. The van der Waals surface area contributed by atoms with E-state index in [2.05, 4.69) is 31.4 Å². The first-order valence-electron chi connectivity index (χ1n) is 8.46. The smallest absolute Gasteiger partial charge is 0.343 e. The highest BCUT2D eigenvalue weighted by atomic mass is 79.9. The van der Waals surface area contributed by atoms with Gasteiger partial charge < -0.3 is 9.47 Å². The van der Waals surface area contributed by atoms with E-state index in [-0.39, 0.29) is 5.91 Å². The predicted octanol–water partition coefficient (Wildman–Crippen LogP) is 3.84. The van der Waals surface area contributed by atoms with Crippen molar-refractivity contribution in [2.24, 2.45) is 5.10 Å². The van der Waals surface area contributed by atoms with Crippen molar-refractivity contribution in [3.63, 3.8) is 0 Å². The van der Waals surface area contributed by atoms with Gasteiger partial charge in [-0.2, -0.15) is 5.10 Å². The van der Waals surface area contributed by atoms with E-state index in [0.717, 1.165) is 4.47 Å². The number of pyridine rings is 1. The number of carbonyl (C=O) groups is 2. The van der Waals surface area contributed by atoms with Crippen molar-refractivity contribution in [2.45, 2.75) is 0 Å². The van der Waals surface area contributed by atoms with Gasteiger partial charge in [0.15, 0.2) is 0 Å². The third kappa shape index (κ3) is 5.49. The number of rotatable bonds is 6. The average molecular weight is 454 g/mol. The average Bonchev–Trinajstić information content (AvgIpc) is 2.76. The molecule has 1 amide bonds. The Bertz CT molecular complexity index is 1040. The van der Waals surface area contributed by atoms with Crippen LogP contribution in [0.15, 0.2) is 76.6 Å². The first kappa shape index (κ1) is 20.2. The molecule has 0 saturated heterocycles. The molecule has 3 rings (SSSR count). The molecule has 3 aromatic rings. The minimum absolute atomic E-state index is 0.302. The number of nitrogens with one attached hydrogen (secondary N) is 1. The van der Waals surface area contributed by atoms with Crippen molar-refractivity contribution in [3.05, 3.63) is 88.2 Å². The van der Waals surface area contributed by atoms with Gasteiger partial charge in [-0.3, -0.25) is 9.78 Å². The van der Waals surface area contributed by atoms with Gasteiger partial charge in [0.05, 0.1) is 18.9 Å². The number of aromatic nitrogens is 1. The van der Waals surface area contributed by atoms with Crippen molar-refractivity contribution >= 4 is 34.0 Å². The lowest BCUT2D eigenvalue weighted by atomic mass is 10.2. The summed E-state index contributed by atoms with van der Waals surface area (Å²) in [5, 5.41) is 3.95. The number of methoxy groups -OCH3 is 1. The molecule has 146 valence electrons. The number of amides is 1. The van der Waals surface area contributed by atoms with Gasteiger partial charge in [-0.05, 0) is 54.6 Å². The maximum absolute atomic E-state index is 12.4. The lowest BCUT2D eigenvalue weighted by Gasteiger charge is -2.08. The van der Waals surface area contributed by atoms with E-state index in [1.807, 2.05) is 0 Å². The molecule has 0 unspecified atom stereocenters. The normalized spacial score (nSPS) is 10.6. The summed E-state index contributed by atoms with van der Waals surface area (Å²) in [5.41, 5.74) is 3.74. The highest BCUT2D eigenvalue weighted by Crippen LogP contribution is 2.23. The third-order valence-corrected chi connectivity index (χ3v) is 4.31. The minimum Gasteiger partial charge on any atom is -0.497 e. The second-order valence-electron chi connectivity index (χ2n) is 5.74. The van der Waals surface area contributed by atoms with Crippen molar-refractivity contribution in [3.8, 4) is 11.5 Å². The Kier molecular flexibility index (Phi) is 6.70. The molecule has 0 aliphatic rings. The molecule has 0 saturated carbocycles. The summed E-state index contributed by atoms with van der Waals surface area (Å²) in [6, 6.07) is 14.8. The summed E-state index contributed by atoms with van der Waals surface area (Å²) in [6.45, 7) is 0. The monoisotopic (exact) mass is 453 g/mol. The summed E-state index contributed by atoms with van der Waals surface area (Å²) in [7, 11) is 1.55. The zero-order valence-corrected chi connectivity index (χ0v) is 16.9. The molecule has 0 aliphatic heterocycles. The van der Waals surface area contributed by atoms with Crippen LogP contribution in [0.4, 0.5) is 0 Å². The lowest BCUT2D eigenvalue weighted by Crippen LogP contribution is -2.17. The van der Waals surface area contributed by atoms with Crippen LogP contribution in [0.3, 0.4) is 0 Å². The maximum Gasteiger partial charge on any atom is 0.343 e. The van der Waals surface area contributed by atoms with Gasteiger partial charge in [0, 0.05) is 28.0 Å². The van der Waals surface area contributed by atoms with Crippen LogP contribution in [0, 0.1) is 0 Å². The van der Waals surface area contributed by atoms with E-state index in [0.29, 0.717) is 28.2 Å². The molecular formula is C21H16BrN3O4. The first-order valence-corrected chi connectivity index (χ1v) is 9.25. The van der Waals surface area contributed by atoms with Gasteiger partial charge in [0.2, 0.25) is 0 Å². The molecule has 0 spiro atoms. The van der Waals surface area contributed by atoms with Crippen LogP contribution < -0.4 is 14.9 Å². The third-order valence-electron chi connectivity index (χ3n) is 3.81. The molecule has 7 nitrogen and oxygen atoms in total. The topological polar surface area (TPSA) is 89.9 Å². The van der Waals surface area contributed by atoms with Crippen molar-refractivity contribution in [1.82, 2.24) is 10.4 Å². The Balaban J connectivity index is 1.73. The van der Waals surface area contributed by atoms with E-state index in [1.165, 1.54) is 18.6 Å². The van der Waals surface area contributed by atoms with Crippen LogP contribution in [0.25, 0.3) is 0 Å². The maximum atomic E-state index is 12.4. The van der Waals surface area contributed by atoms with Crippen molar-refractivity contribution < 1.29 is 19.1 Å². The summed E-state index contributed by atoms with van der Waals surface area (Å²) < 4.78 is 11.3. The Hall–Kier alpha value is -3.52. The number of hydrogen-bond donors (Lipinski definition) is 1. The molecule has 8 heteroatoms. The second-order valence-corrected chi connectivity index (χ2v) is 6.65. The molecule has 1 heterocycles. The van der Waals surface area contributed by atoms with Crippen molar-refractivity contribution in [1.29, 1.82) is 0 Å². The van der Waals surface area contributed by atoms with E-state index < -0.39 is 5.97 Å².